The van der Waals surface area contributed by atoms with Crippen molar-refractivity contribution in [1.29, 1.82) is 0 Å². The molecule has 110 valence electrons. The van der Waals surface area contributed by atoms with Crippen LogP contribution in [0.15, 0.2) is 15.2 Å². The van der Waals surface area contributed by atoms with Gasteiger partial charge in [0.05, 0.1) is 3.79 Å². The van der Waals surface area contributed by atoms with Gasteiger partial charge in [-0.25, -0.2) is 0 Å². The monoisotopic (exact) mass is 346 g/mol. The molecule has 0 aliphatic carbocycles. The van der Waals surface area contributed by atoms with Gasteiger partial charge in [-0.15, -0.1) is 11.3 Å². The SMILES string of the molecule is CC(C)CCC(C)NCCN(C)Cc1csc(Br)c1. The molecular weight excluding hydrogens is 320 g/mol. The molecule has 1 heterocycles. The normalized spacial score (nSPS) is 13.4. The maximum atomic E-state index is 3.61. The average Bonchev–Trinajstić information content (AvgIpc) is 2.72. The fourth-order valence-electron chi connectivity index (χ4n) is 2.01. The van der Waals surface area contributed by atoms with Gasteiger partial charge >= 0.3 is 0 Å². The summed E-state index contributed by atoms with van der Waals surface area (Å²) in [6.45, 7) is 10.1. The molecule has 0 aliphatic rings. The first-order valence-corrected chi connectivity index (χ1v) is 8.79. The first-order valence-electron chi connectivity index (χ1n) is 7.12. The Hall–Kier alpha value is 0.100. The van der Waals surface area contributed by atoms with Gasteiger partial charge in [-0.05, 0) is 65.7 Å². The highest BCUT2D eigenvalue weighted by atomic mass is 79.9. The third-order valence-electron chi connectivity index (χ3n) is 3.24. The van der Waals surface area contributed by atoms with Gasteiger partial charge in [0.25, 0.3) is 0 Å². The summed E-state index contributed by atoms with van der Waals surface area (Å²) in [5.74, 6) is 0.809. The van der Waals surface area contributed by atoms with Gasteiger partial charge in [-0.1, -0.05) is 13.8 Å². The van der Waals surface area contributed by atoms with Gasteiger partial charge in [0, 0.05) is 25.7 Å². The Bertz CT molecular complexity index is 352. The predicted octanol–water partition coefficient (Wildman–Crippen LogP) is 4.36. The molecule has 0 aromatic carbocycles. The highest BCUT2D eigenvalue weighted by molar-refractivity contribution is 9.11. The van der Waals surface area contributed by atoms with Crippen molar-refractivity contribution in [1.82, 2.24) is 10.2 Å². The van der Waals surface area contributed by atoms with E-state index in [1.165, 1.54) is 22.2 Å². The van der Waals surface area contributed by atoms with Crippen molar-refractivity contribution < 1.29 is 0 Å². The maximum Gasteiger partial charge on any atom is 0.0701 e. The summed E-state index contributed by atoms with van der Waals surface area (Å²) in [6, 6.07) is 2.84. The minimum absolute atomic E-state index is 0.631. The average molecular weight is 347 g/mol. The molecule has 1 aromatic heterocycles. The summed E-state index contributed by atoms with van der Waals surface area (Å²) in [6.07, 6.45) is 2.59. The minimum atomic E-state index is 0.631. The Morgan fingerprint density at radius 2 is 2.05 bits per heavy atom. The molecule has 0 fully saturated rings. The number of hydrogen-bond acceptors (Lipinski definition) is 3. The Labute approximate surface area is 130 Å². The molecule has 0 spiro atoms. The fraction of sp³-hybridized carbons (Fsp3) is 0.733. The van der Waals surface area contributed by atoms with Crippen LogP contribution in [0.1, 0.15) is 39.2 Å². The summed E-state index contributed by atoms with van der Waals surface area (Å²) < 4.78 is 1.22. The van der Waals surface area contributed by atoms with Gasteiger partial charge in [0.15, 0.2) is 0 Å². The van der Waals surface area contributed by atoms with Crippen LogP contribution in [0.5, 0.6) is 0 Å². The van der Waals surface area contributed by atoms with E-state index in [9.17, 15) is 0 Å². The van der Waals surface area contributed by atoms with Crippen molar-refractivity contribution in [2.45, 2.75) is 46.2 Å². The van der Waals surface area contributed by atoms with Crippen LogP contribution in [0.3, 0.4) is 0 Å². The van der Waals surface area contributed by atoms with E-state index in [1.54, 1.807) is 11.3 Å². The van der Waals surface area contributed by atoms with E-state index in [0.717, 1.165) is 25.6 Å². The second-order valence-electron chi connectivity index (χ2n) is 5.82. The second kappa shape index (κ2) is 9.11. The van der Waals surface area contributed by atoms with Crippen molar-refractivity contribution in [3.63, 3.8) is 0 Å². The van der Waals surface area contributed by atoms with E-state index in [0.29, 0.717) is 6.04 Å². The minimum Gasteiger partial charge on any atom is -0.313 e. The number of rotatable bonds is 9. The summed E-state index contributed by atoms with van der Waals surface area (Å²) in [4.78, 5) is 2.37. The quantitative estimate of drug-likeness (QED) is 0.714. The molecule has 1 atom stereocenters. The number of halogens is 1. The second-order valence-corrected chi connectivity index (χ2v) is 8.11. The zero-order chi connectivity index (χ0) is 14.3. The van der Waals surface area contributed by atoms with Crippen molar-refractivity contribution in [2.75, 3.05) is 20.1 Å². The number of nitrogens with one attached hydrogen (secondary N) is 1. The van der Waals surface area contributed by atoms with Crippen LogP contribution in [0, 0.1) is 5.92 Å². The molecule has 19 heavy (non-hydrogen) atoms. The molecule has 0 saturated carbocycles. The first kappa shape index (κ1) is 17.2. The zero-order valence-electron chi connectivity index (χ0n) is 12.6. The third-order valence-corrected chi connectivity index (χ3v) is 4.79. The standard InChI is InChI=1S/C15H27BrN2S/c1-12(2)5-6-13(3)17-7-8-18(4)10-14-9-15(16)19-11-14/h9,11-13,17H,5-8,10H2,1-4H3. The lowest BCUT2D eigenvalue weighted by molar-refractivity contribution is 0.314. The first-order chi connectivity index (χ1) is 8.97. The molecule has 0 amide bonds. The molecule has 1 aromatic rings. The van der Waals surface area contributed by atoms with E-state index in [1.807, 2.05) is 0 Å². The number of thiophene rings is 1. The number of hydrogen-bond donors (Lipinski definition) is 1. The molecule has 0 bridgehead atoms. The number of nitrogens with zero attached hydrogens (tertiary/aromatic N) is 1. The Balaban J connectivity index is 2.11. The highest BCUT2D eigenvalue weighted by Gasteiger charge is 2.05. The van der Waals surface area contributed by atoms with E-state index in [4.69, 9.17) is 0 Å². The van der Waals surface area contributed by atoms with Gasteiger partial charge in [0.1, 0.15) is 0 Å². The Morgan fingerprint density at radius 1 is 1.32 bits per heavy atom. The summed E-state index contributed by atoms with van der Waals surface area (Å²) in [5.41, 5.74) is 1.40. The molecule has 1 rings (SSSR count). The lowest BCUT2D eigenvalue weighted by Gasteiger charge is -2.19. The van der Waals surface area contributed by atoms with Crippen molar-refractivity contribution in [3.05, 3.63) is 20.8 Å². The van der Waals surface area contributed by atoms with Crippen LogP contribution < -0.4 is 5.32 Å². The lowest BCUT2D eigenvalue weighted by Crippen LogP contribution is -2.34. The van der Waals surface area contributed by atoms with Crippen LogP contribution in [0.25, 0.3) is 0 Å². The zero-order valence-corrected chi connectivity index (χ0v) is 15.0. The summed E-state index contributed by atoms with van der Waals surface area (Å²) >= 11 is 5.27. The van der Waals surface area contributed by atoms with Crippen molar-refractivity contribution in [2.24, 2.45) is 5.92 Å². The Morgan fingerprint density at radius 3 is 2.63 bits per heavy atom. The van der Waals surface area contributed by atoms with E-state index < -0.39 is 0 Å². The molecule has 4 heteroatoms. The smallest absolute Gasteiger partial charge is 0.0701 e. The van der Waals surface area contributed by atoms with Gasteiger partial charge in [0.2, 0.25) is 0 Å². The van der Waals surface area contributed by atoms with Crippen LogP contribution in [-0.4, -0.2) is 31.1 Å². The molecule has 0 saturated heterocycles. The van der Waals surface area contributed by atoms with Crippen LogP contribution in [-0.2, 0) is 6.54 Å². The number of likely N-dealkylation sites (N-methyl/N-ethyl adjacent to an activating group) is 1. The topological polar surface area (TPSA) is 15.3 Å². The summed E-state index contributed by atoms with van der Waals surface area (Å²) in [5, 5.41) is 5.83. The largest absolute Gasteiger partial charge is 0.313 e. The van der Waals surface area contributed by atoms with Crippen LogP contribution in [0.2, 0.25) is 0 Å². The third kappa shape index (κ3) is 8.08. The summed E-state index contributed by atoms with van der Waals surface area (Å²) in [7, 11) is 2.19. The maximum absolute atomic E-state index is 3.61. The van der Waals surface area contributed by atoms with E-state index in [2.05, 4.69) is 65.4 Å². The molecule has 0 aliphatic heterocycles. The van der Waals surface area contributed by atoms with Crippen molar-refractivity contribution in [3.8, 4) is 0 Å². The Kier molecular flexibility index (Phi) is 8.23. The van der Waals surface area contributed by atoms with Gasteiger partial charge in [-0.3, -0.25) is 0 Å². The van der Waals surface area contributed by atoms with Gasteiger partial charge < -0.3 is 10.2 Å². The van der Waals surface area contributed by atoms with Gasteiger partial charge in [-0.2, -0.15) is 0 Å². The highest BCUT2D eigenvalue weighted by Crippen LogP contribution is 2.21. The molecular formula is C15H27BrN2S. The molecule has 0 radical (unpaired) electrons. The van der Waals surface area contributed by atoms with E-state index >= 15 is 0 Å². The van der Waals surface area contributed by atoms with E-state index in [-0.39, 0.29) is 0 Å². The predicted molar refractivity (Wildman–Crippen MR) is 89.9 cm³/mol. The van der Waals surface area contributed by atoms with Crippen LogP contribution in [0.4, 0.5) is 0 Å². The molecule has 1 N–H and O–H groups in total. The van der Waals surface area contributed by atoms with Crippen LogP contribution >= 0.6 is 27.3 Å². The van der Waals surface area contributed by atoms with Crippen molar-refractivity contribution >= 4 is 27.3 Å². The fourth-order valence-corrected chi connectivity index (χ4v) is 3.21. The molecule has 1 unspecified atom stereocenters. The molecule has 2 nitrogen and oxygen atoms in total. The lowest BCUT2D eigenvalue weighted by atomic mass is 10.0.